The molecule has 3 aromatic rings. The Morgan fingerprint density at radius 1 is 0.615 bits per heavy atom. The Morgan fingerprint density at radius 2 is 0.923 bits per heavy atom. The SMILES string of the molecule is [Li][CH](OC(c1ccccc1)(c1ccccc1)c1ccccc1)C(C)(C)C. The Hall–Kier alpha value is -1.78. The average molecular weight is 336 g/mol. The molecule has 128 valence electrons. The normalized spacial score (nSPS) is 13.4. The van der Waals surface area contributed by atoms with Crippen LogP contribution in [-0.2, 0) is 10.3 Å². The number of ether oxygens (including phenoxy) is 1. The van der Waals surface area contributed by atoms with Gasteiger partial charge in [0.2, 0.25) is 0 Å². The van der Waals surface area contributed by atoms with Crippen molar-refractivity contribution in [3.8, 4) is 0 Å². The Bertz CT molecular complexity index is 710. The first-order valence-electron chi connectivity index (χ1n) is 9.29. The van der Waals surface area contributed by atoms with Crippen molar-refractivity contribution >= 4 is 17.7 Å². The van der Waals surface area contributed by atoms with Gasteiger partial charge in [0.15, 0.2) is 0 Å². The van der Waals surface area contributed by atoms with Crippen LogP contribution < -0.4 is 0 Å². The molecule has 0 saturated heterocycles. The molecular weight excluding hydrogens is 311 g/mol. The van der Waals surface area contributed by atoms with Gasteiger partial charge in [0.25, 0.3) is 0 Å². The molecule has 1 nitrogen and oxygen atoms in total. The third-order valence-corrected chi connectivity index (χ3v) is 5.11. The third-order valence-electron chi connectivity index (χ3n) is 5.11. The molecule has 0 aliphatic carbocycles. The van der Waals surface area contributed by atoms with Crippen LogP contribution in [0.25, 0.3) is 0 Å². The second kappa shape index (κ2) is 7.85. The van der Waals surface area contributed by atoms with Crippen LogP contribution in [0.2, 0.25) is 0 Å². The average Bonchev–Trinajstić information content (AvgIpc) is 2.67. The van der Waals surface area contributed by atoms with E-state index in [-0.39, 0.29) is 10.2 Å². The quantitative estimate of drug-likeness (QED) is 0.439. The number of hydrogen-bond donors (Lipinski definition) is 0. The van der Waals surface area contributed by atoms with Crippen LogP contribution in [0.3, 0.4) is 0 Å². The van der Waals surface area contributed by atoms with Gasteiger partial charge in [-0.1, -0.05) is 0 Å². The van der Waals surface area contributed by atoms with Crippen molar-refractivity contribution in [3.63, 3.8) is 0 Å². The van der Waals surface area contributed by atoms with Crippen molar-refractivity contribution in [3.05, 3.63) is 108 Å². The van der Waals surface area contributed by atoms with E-state index < -0.39 is 5.60 Å². The molecule has 0 heterocycles. The van der Waals surface area contributed by atoms with Crippen molar-refractivity contribution in [2.45, 2.75) is 31.1 Å². The maximum atomic E-state index is 6.96. The van der Waals surface area contributed by atoms with Gasteiger partial charge >= 0.3 is 167 Å². The molecule has 0 radical (unpaired) electrons. The summed E-state index contributed by atoms with van der Waals surface area (Å²) in [4.78, 5) is 0. The second-order valence-electron chi connectivity index (χ2n) is 7.91. The van der Waals surface area contributed by atoms with Gasteiger partial charge in [0, 0.05) is 0 Å². The molecule has 0 bridgehead atoms. The second-order valence-corrected chi connectivity index (χ2v) is 7.91. The van der Waals surface area contributed by atoms with Crippen LogP contribution in [0.5, 0.6) is 0 Å². The summed E-state index contributed by atoms with van der Waals surface area (Å²) in [5.74, 6) is 0. The van der Waals surface area contributed by atoms with Gasteiger partial charge in [-0.15, -0.1) is 0 Å². The van der Waals surface area contributed by atoms with Gasteiger partial charge in [-0.2, -0.15) is 0 Å². The summed E-state index contributed by atoms with van der Waals surface area (Å²) in [6, 6.07) is 31.6. The Morgan fingerprint density at radius 3 is 1.19 bits per heavy atom. The molecule has 2 heteroatoms. The zero-order chi connectivity index (χ0) is 18.6. The van der Waals surface area contributed by atoms with E-state index >= 15 is 0 Å². The van der Waals surface area contributed by atoms with E-state index in [2.05, 4.69) is 129 Å². The minimum atomic E-state index is -0.642. The molecular formula is C24H25LiO. The summed E-state index contributed by atoms with van der Waals surface area (Å²) in [5.41, 5.74) is 2.83. The van der Waals surface area contributed by atoms with E-state index in [9.17, 15) is 0 Å². The van der Waals surface area contributed by atoms with Crippen molar-refractivity contribution in [2.24, 2.45) is 5.41 Å². The molecule has 1 atom stereocenters. The Labute approximate surface area is 166 Å². The molecule has 0 aliphatic rings. The number of rotatable bonds is 5. The van der Waals surface area contributed by atoms with Crippen molar-refractivity contribution < 1.29 is 4.74 Å². The Balaban J connectivity index is 2.28. The van der Waals surface area contributed by atoms with Crippen LogP contribution in [0.15, 0.2) is 91.0 Å². The summed E-state index contributed by atoms with van der Waals surface area (Å²) < 4.78 is 7.02. The molecule has 3 aromatic carbocycles. The van der Waals surface area contributed by atoms with Crippen LogP contribution in [-0.4, -0.2) is 22.5 Å². The zero-order valence-electron chi connectivity index (χ0n) is 16.1. The van der Waals surface area contributed by atoms with Gasteiger partial charge in [0.1, 0.15) is 0 Å². The van der Waals surface area contributed by atoms with Gasteiger partial charge in [-0.3, -0.25) is 0 Å². The summed E-state index contributed by atoms with van der Waals surface area (Å²) >= 11 is 2.17. The molecule has 3 rings (SSSR count). The molecule has 26 heavy (non-hydrogen) atoms. The summed E-state index contributed by atoms with van der Waals surface area (Å²) in [5, 5.41) is 0. The van der Waals surface area contributed by atoms with Gasteiger partial charge in [-0.05, 0) is 0 Å². The van der Waals surface area contributed by atoms with E-state index in [4.69, 9.17) is 4.74 Å². The molecule has 1 unspecified atom stereocenters. The van der Waals surface area contributed by atoms with Gasteiger partial charge in [-0.25, -0.2) is 0 Å². The summed E-state index contributed by atoms with van der Waals surface area (Å²) in [6.07, 6.45) is 0. The van der Waals surface area contributed by atoms with E-state index in [0.717, 1.165) is 16.7 Å². The maximum absolute atomic E-state index is 6.96. The van der Waals surface area contributed by atoms with E-state index in [1.54, 1.807) is 0 Å². The zero-order valence-corrected chi connectivity index (χ0v) is 16.1. The predicted molar refractivity (Wildman–Crippen MR) is 109 cm³/mol. The van der Waals surface area contributed by atoms with Crippen LogP contribution in [0, 0.1) is 5.41 Å². The minimum absolute atomic E-state index is 0.0313. The summed E-state index contributed by atoms with van der Waals surface area (Å²) in [7, 11) is 0. The van der Waals surface area contributed by atoms with E-state index in [1.807, 2.05) is 0 Å². The van der Waals surface area contributed by atoms with Crippen molar-refractivity contribution in [2.75, 3.05) is 0 Å². The molecule has 0 spiro atoms. The topological polar surface area (TPSA) is 9.23 Å². The summed E-state index contributed by atoms with van der Waals surface area (Å²) in [6.45, 7) is 6.68. The number of benzene rings is 3. The molecule has 0 aromatic heterocycles. The van der Waals surface area contributed by atoms with Crippen LogP contribution >= 0.6 is 0 Å². The fourth-order valence-electron chi connectivity index (χ4n) is 3.16. The van der Waals surface area contributed by atoms with Gasteiger partial charge < -0.3 is 0 Å². The molecule has 0 fully saturated rings. The molecule has 0 N–H and O–H groups in total. The van der Waals surface area contributed by atoms with E-state index in [0.29, 0.717) is 0 Å². The first-order valence-corrected chi connectivity index (χ1v) is 9.29. The fourth-order valence-corrected chi connectivity index (χ4v) is 3.16. The first kappa shape index (κ1) is 19.0. The standard InChI is InChI=1S/C24H25O.Li/c1-23(2,3)19-25-24(20-13-7-4-8-14-20,21-15-9-5-10-16-21)22-17-11-6-12-18-22;/h4-19H,1-3H3;. The third kappa shape index (κ3) is 3.81. The Kier molecular flexibility index (Phi) is 5.73. The molecule has 0 saturated carbocycles. The fraction of sp³-hybridized carbons (Fsp3) is 0.250. The van der Waals surface area contributed by atoms with Crippen molar-refractivity contribution in [1.29, 1.82) is 0 Å². The first-order chi connectivity index (χ1) is 12.4. The van der Waals surface area contributed by atoms with Gasteiger partial charge in [0.05, 0.1) is 0 Å². The van der Waals surface area contributed by atoms with Crippen LogP contribution in [0.4, 0.5) is 0 Å². The monoisotopic (exact) mass is 336 g/mol. The molecule has 0 aliphatic heterocycles. The predicted octanol–water partition coefficient (Wildman–Crippen LogP) is 5.54. The molecule has 0 amide bonds. The number of hydrogen-bond acceptors (Lipinski definition) is 1. The van der Waals surface area contributed by atoms with Crippen molar-refractivity contribution in [1.82, 2.24) is 0 Å². The van der Waals surface area contributed by atoms with Crippen LogP contribution in [0.1, 0.15) is 37.5 Å². The van der Waals surface area contributed by atoms with E-state index in [1.165, 1.54) is 0 Å².